The Morgan fingerprint density at radius 3 is 1.35 bits per heavy atom. The molecule has 10 aromatic carbocycles. The molecule has 0 radical (unpaired) electrons. The lowest BCUT2D eigenvalue weighted by Crippen LogP contribution is -2.26. The Kier molecular flexibility index (Phi) is 7.83. The van der Waals surface area contributed by atoms with E-state index in [9.17, 15) is 0 Å². The molecule has 12 rings (SSSR count). The molecule has 0 atom stereocenters. The molecule has 0 aliphatic heterocycles. The molecule has 1 nitrogen and oxygen atoms in total. The summed E-state index contributed by atoms with van der Waals surface area (Å²) in [7, 11) is 0. The van der Waals surface area contributed by atoms with Gasteiger partial charge in [-0.25, -0.2) is 0 Å². The molecule has 0 unspecified atom stereocenters. The minimum atomic E-state index is -0.464. The van der Waals surface area contributed by atoms with Gasteiger partial charge in [0.05, 0.1) is 22.5 Å². The van der Waals surface area contributed by atoms with Gasteiger partial charge in [-0.2, -0.15) is 0 Å². The zero-order chi connectivity index (χ0) is 39.6. The zero-order valence-corrected chi connectivity index (χ0v) is 33.0. The van der Waals surface area contributed by atoms with Crippen molar-refractivity contribution in [3.8, 4) is 55.6 Å². The standard InChI is InChI=1S/C59H39N/c1-3-20-40(21-4-1)43-26-9-10-30-48(43)57-45(42-22-5-2-6-23-42)32-18-38-55(57)60(54-37-17-25-41-24-7-8-27-44(41)54)56-39-19-36-53-58(56)49-31-13-16-35-52(49)59(53)50-33-14-11-28-46(50)47-29-12-15-34-51(47)59/h1-39H. The molecular weight excluding hydrogens is 723 g/mol. The van der Waals surface area contributed by atoms with Gasteiger partial charge in [0.2, 0.25) is 0 Å². The molecule has 1 spiro atoms. The smallest absolute Gasteiger partial charge is 0.0726 e. The summed E-state index contributed by atoms with van der Waals surface area (Å²) in [6.45, 7) is 0. The highest BCUT2D eigenvalue weighted by Crippen LogP contribution is 2.65. The molecule has 280 valence electrons. The van der Waals surface area contributed by atoms with Crippen LogP contribution in [0.5, 0.6) is 0 Å². The van der Waals surface area contributed by atoms with Crippen molar-refractivity contribution in [1.82, 2.24) is 0 Å². The first kappa shape index (κ1) is 34.3. The summed E-state index contributed by atoms with van der Waals surface area (Å²) in [5.41, 5.74) is 20.5. The first-order chi connectivity index (χ1) is 29.8. The van der Waals surface area contributed by atoms with Crippen LogP contribution in [0.15, 0.2) is 237 Å². The van der Waals surface area contributed by atoms with Crippen molar-refractivity contribution in [3.05, 3.63) is 259 Å². The quantitative estimate of drug-likeness (QED) is 0.163. The zero-order valence-electron chi connectivity index (χ0n) is 33.0. The fraction of sp³-hybridized carbons (Fsp3) is 0.0169. The second kappa shape index (κ2) is 13.7. The van der Waals surface area contributed by atoms with Crippen LogP contribution in [0.3, 0.4) is 0 Å². The molecule has 2 aliphatic rings. The van der Waals surface area contributed by atoms with Crippen LogP contribution in [0.4, 0.5) is 17.1 Å². The SMILES string of the molecule is c1ccc(-c2ccccc2-c2c(-c3ccccc3)cccc2N(c2cccc3c2-c2ccccc2C32c3ccccc3-c3ccccc32)c2cccc3ccccc23)cc1. The van der Waals surface area contributed by atoms with E-state index in [4.69, 9.17) is 0 Å². The van der Waals surface area contributed by atoms with Gasteiger partial charge in [0.15, 0.2) is 0 Å². The van der Waals surface area contributed by atoms with Crippen molar-refractivity contribution < 1.29 is 0 Å². The van der Waals surface area contributed by atoms with Gasteiger partial charge in [-0.05, 0) is 90.3 Å². The van der Waals surface area contributed by atoms with Crippen LogP contribution in [0, 0.1) is 0 Å². The Balaban J connectivity index is 1.23. The maximum Gasteiger partial charge on any atom is 0.0726 e. The van der Waals surface area contributed by atoms with Gasteiger partial charge < -0.3 is 4.90 Å². The highest BCUT2D eigenvalue weighted by Gasteiger charge is 2.52. The number of rotatable bonds is 6. The molecular formula is C59H39N. The second-order valence-corrected chi connectivity index (χ2v) is 15.9. The Morgan fingerprint density at radius 2 is 0.667 bits per heavy atom. The van der Waals surface area contributed by atoms with Crippen LogP contribution in [0.1, 0.15) is 22.3 Å². The predicted molar refractivity (Wildman–Crippen MR) is 251 cm³/mol. The largest absolute Gasteiger partial charge is 0.309 e. The van der Waals surface area contributed by atoms with E-state index >= 15 is 0 Å². The first-order valence-electron chi connectivity index (χ1n) is 20.9. The normalized spacial score (nSPS) is 12.8. The third-order valence-corrected chi connectivity index (χ3v) is 12.9. The maximum atomic E-state index is 2.58. The van der Waals surface area contributed by atoms with E-state index in [0.29, 0.717) is 0 Å². The van der Waals surface area contributed by atoms with Crippen molar-refractivity contribution in [3.63, 3.8) is 0 Å². The van der Waals surface area contributed by atoms with Crippen LogP contribution < -0.4 is 4.90 Å². The van der Waals surface area contributed by atoms with Crippen molar-refractivity contribution in [2.24, 2.45) is 0 Å². The van der Waals surface area contributed by atoms with E-state index < -0.39 is 5.41 Å². The predicted octanol–water partition coefficient (Wildman–Crippen LogP) is 15.7. The van der Waals surface area contributed by atoms with Gasteiger partial charge >= 0.3 is 0 Å². The fourth-order valence-electron chi connectivity index (χ4n) is 10.5. The van der Waals surface area contributed by atoms with Crippen LogP contribution in [-0.4, -0.2) is 0 Å². The van der Waals surface area contributed by atoms with Gasteiger partial charge in [-0.15, -0.1) is 0 Å². The number of nitrogens with zero attached hydrogens (tertiary/aromatic N) is 1. The van der Waals surface area contributed by atoms with Crippen molar-refractivity contribution in [2.75, 3.05) is 4.90 Å². The molecule has 60 heavy (non-hydrogen) atoms. The van der Waals surface area contributed by atoms with Gasteiger partial charge in [-0.3, -0.25) is 0 Å². The van der Waals surface area contributed by atoms with E-state index in [2.05, 4.69) is 241 Å². The maximum absolute atomic E-state index is 2.58. The molecule has 0 fully saturated rings. The summed E-state index contributed by atoms with van der Waals surface area (Å²) >= 11 is 0. The number of benzene rings is 10. The Labute approximate surface area is 351 Å². The summed E-state index contributed by atoms with van der Waals surface area (Å²) in [6, 6.07) is 87.4. The lowest BCUT2D eigenvalue weighted by Gasteiger charge is -2.33. The average molecular weight is 762 g/mol. The monoisotopic (exact) mass is 761 g/mol. The van der Waals surface area contributed by atoms with Crippen molar-refractivity contribution in [2.45, 2.75) is 5.41 Å². The van der Waals surface area contributed by atoms with E-state index in [0.717, 1.165) is 17.1 Å². The van der Waals surface area contributed by atoms with Gasteiger partial charge in [0, 0.05) is 16.5 Å². The van der Waals surface area contributed by atoms with E-state index in [1.54, 1.807) is 0 Å². The Hall–Kier alpha value is -7.74. The van der Waals surface area contributed by atoms with Crippen LogP contribution in [0.2, 0.25) is 0 Å². The second-order valence-electron chi connectivity index (χ2n) is 15.9. The van der Waals surface area contributed by atoms with Crippen LogP contribution in [0.25, 0.3) is 66.4 Å². The minimum Gasteiger partial charge on any atom is -0.309 e. The number of anilines is 3. The van der Waals surface area contributed by atoms with E-state index in [1.807, 2.05) is 0 Å². The molecule has 0 amide bonds. The minimum absolute atomic E-state index is 0.464. The fourth-order valence-corrected chi connectivity index (χ4v) is 10.5. The topological polar surface area (TPSA) is 3.24 Å². The summed E-state index contributed by atoms with van der Waals surface area (Å²) in [4.78, 5) is 2.58. The van der Waals surface area contributed by atoms with Crippen molar-refractivity contribution >= 4 is 27.8 Å². The number of hydrogen-bond acceptors (Lipinski definition) is 1. The highest BCUT2D eigenvalue weighted by molar-refractivity contribution is 6.09. The summed E-state index contributed by atoms with van der Waals surface area (Å²) < 4.78 is 0. The summed E-state index contributed by atoms with van der Waals surface area (Å²) in [5.74, 6) is 0. The summed E-state index contributed by atoms with van der Waals surface area (Å²) in [5, 5.41) is 2.40. The molecule has 0 saturated carbocycles. The van der Waals surface area contributed by atoms with Gasteiger partial charge in [0.1, 0.15) is 0 Å². The third kappa shape index (κ3) is 4.93. The molecule has 0 bridgehead atoms. The molecule has 0 heterocycles. The van der Waals surface area contributed by atoms with Gasteiger partial charge in [0.25, 0.3) is 0 Å². The van der Waals surface area contributed by atoms with Gasteiger partial charge in [-0.1, -0.05) is 218 Å². The molecule has 2 aliphatic carbocycles. The Bertz CT molecular complexity index is 3220. The third-order valence-electron chi connectivity index (χ3n) is 12.9. The molecule has 0 saturated heterocycles. The lowest BCUT2D eigenvalue weighted by molar-refractivity contribution is 0.794. The number of hydrogen-bond donors (Lipinski definition) is 0. The first-order valence-corrected chi connectivity index (χ1v) is 20.9. The van der Waals surface area contributed by atoms with Crippen LogP contribution in [-0.2, 0) is 5.41 Å². The lowest BCUT2D eigenvalue weighted by atomic mass is 9.70. The molecule has 0 aromatic heterocycles. The average Bonchev–Trinajstić information content (AvgIpc) is 3.80. The van der Waals surface area contributed by atoms with E-state index in [-0.39, 0.29) is 0 Å². The highest BCUT2D eigenvalue weighted by atomic mass is 15.2. The van der Waals surface area contributed by atoms with Crippen molar-refractivity contribution in [1.29, 1.82) is 0 Å². The van der Waals surface area contributed by atoms with E-state index in [1.165, 1.54) is 88.7 Å². The molecule has 10 aromatic rings. The number of fused-ring (bicyclic) bond motifs is 11. The van der Waals surface area contributed by atoms with Crippen LogP contribution >= 0.6 is 0 Å². The molecule has 0 N–H and O–H groups in total. The Morgan fingerprint density at radius 1 is 0.250 bits per heavy atom. The summed E-state index contributed by atoms with van der Waals surface area (Å²) in [6.07, 6.45) is 0. The molecule has 1 heteroatoms.